The van der Waals surface area contributed by atoms with Gasteiger partial charge in [-0.3, -0.25) is 4.98 Å². The molecule has 5 rings (SSSR count). The number of rotatable bonds is 2. The van der Waals surface area contributed by atoms with Crippen molar-refractivity contribution in [1.29, 1.82) is 0 Å². The van der Waals surface area contributed by atoms with Crippen molar-refractivity contribution in [3.8, 4) is 22.8 Å². The fraction of sp³-hybridized carbons (Fsp3) is 0. The van der Waals surface area contributed by atoms with Gasteiger partial charge in [-0.1, -0.05) is 28.6 Å². The summed E-state index contributed by atoms with van der Waals surface area (Å²) < 4.78 is 3.52. The van der Waals surface area contributed by atoms with Gasteiger partial charge in [0.25, 0.3) is 0 Å². The summed E-state index contributed by atoms with van der Waals surface area (Å²) in [4.78, 5) is 4.37. The second-order valence-corrected chi connectivity index (χ2v) is 5.33. The third-order valence-corrected chi connectivity index (χ3v) is 3.91. The van der Waals surface area contributed by atoms with Gasteiger partial charge in [-0.2, -0.15) is 0 Å². The minimum Gasteiger partial charge on any atom is -0.254 e. The van der Waals surface area contributed by atoms with Gasteiger partial charge >= 0.3 is 0 Å². The molecule has 0 atom stereocenters. The van der Waals surface area contributed by atoms with E-state index in [0.717, 1.165) is 33.8 Å². The Morgan fingerprint density at radius 2 is 1.58 bits per heavy atom. The molecule has 0 amide bonds. The molecule has 7 nitrogen and oxygen atoms in total. The highest BCUT2D eigenvalue weighted by molar-refractivity contribution is 5.80. The molecule has 5 aromatic rings. The minimum atomic E-state index is 0.744. The van der Waals surface area contributed by atoms with Crippen LogP contribution in [0.2, 0.25) is 0 Å². The van der Waals surface area contributed by atoms with Crippen molar-refractivity contribution in [2.24, 2.45) is 0 Å². The average molecular weight is 313 g/mol. The Bertz CT molecular complexity index is 1160. The van der Waals surface area contributed by atoms with E-state index in [4.69, 9.17) is 0 Å². The molecule has 0 aliphatic carbocycles. The Morgan fingerprint density at radius 3 is 2.50 bits per heavy atom. The van der Waals surface area contributed by atoms with Gasteiger partial charge in [0, 0.05) is 12.4 Å². The monoisotopic (exact) mass is 313 g/mol. The van der Waals surface area contributed by atoms with E-state index >= 15 is 0 Å². The summed E-state index contributed by atoms with van der Waals surface area (Å²) in [5.41, 5.74) is 4.93. The number of nitrogens with zero attached hydrogens (tertiary/aromatic N) is 7. The van der Waals surface area contributed by atoms with Gasteiger partial charge in [-0.05, 0) is 36.4 Å². The highest BCUT2D eigenvalue weighted by Crippen LogP contribution is 2.26. The molecule has 7 heteroatoms. The molecule has 0 bridgehead atoms. The number of fused-ring (bicyclic) bond motifs is 2. The molecule has 0 aliphatic heterocycles. The second-order valence-electron chi connectivity index (χ2n) is 5.33. The number of hydrogen-bond acceptors (Lipinski definition) is 5. The second kappa shape index (κ2) is 4.95. The molecule has 5 heterocycles. The molecule has 0 N–H and O–H groups in total. The Balaban J connectivity index is 1.78. The third-order valence-electron chi connectivity index (χ3n) is 3.91. The fourth-order valence-electron chi connectivity index (χ4n) is 2.81. The molecule has 0 saturated heterocycles. The summed E-state index contributed by atoms with van der Waals surface area (Å²) in [5.74, 6) is 0. The van der Waals surface area contributed by atoms with E-state index in [9.17, 15) is 0 Å². The Labute approximate surface area is 136 Å². The van der Waals surface area contributed by atoms with Crippen molar-refractivity contribution < 1.29 is 0 Å². The van der Waals surface area contributed by atoms with E-state index in [2.05, 4.69) is 25.6 Å². The van der Waals surface area contributed by atoms with Gasteiger partial charge in [0.1, 0.15) is 11.4 Å². The van der Waals surface area contributed by atoms with Crippen LogP contribution in [-0.4, -0.2) is 34.6 Å². The molecule has 0 saturated carbocycles. The van der Waals surface area contributed by atoms with Crippen LogP contribution in [0.1, 0.15) is 0 Å². The van der Waals surface area contributed by atoms with Gasteiger partial charge in [-0.15, -0.1) is 10.2 Å². The Morgan fingerprint density at radius 1 is 0.708 bits per heavy atom. The van der Waals surface area contributed by atoms with Crippen LogP contribution in [0.4, 0.5) is 0 Å². The van der Waals surface area contributed by atoms with E-state index in [0.29, 0.717) is 0 Å². The van der Waals surface area contributed by atoms with Gasteiger partial charge in [0.2, 0.25) is 0 Å². The summed E-state index contributed by atoms with van der Waals surface area (Å²) in [6.07, 6.45) is 3.61. The zero-order valence-electron chi connectivity index (χ0n) is 12.5. The molecule has 5 aromatic heterocycles. The Hall–Kier alpha value is -3.61. The highest BCUT2D eigenvalue weighted by Gasteiger charge is 2.16. The quantitative estimate of drug-likeness (QED) is 0.500. The van der Waals surface area contributed by atoms with Gasteiger partial charge in [0.05, 0.1) is 22.4 Å². The lowest BCUT2D eigenvalue weighted by molar-refractivity contribution is 0.843. The summed E-state index contributed by atoms with van der Waals surface area (Å²) in [6, 6.07) is 17.5. The zero-order valence-corrected chi connectivity index (χ0v) is 12.5. The van der Waals surface area contributed by atoms with Crippen molar-refractivity contribution in [2.45, 2.75) is 0 Å². The summed E-state index contributed by atoms with van der Waals surface area (Å²) in [7, 11) is 0. The molecule has 0 aromatic carbocycles. The normalized spacial score (nSPS) is 11.3. The molecular weight excluding hydrogens is 302 g/mol. The van der Waals surface area contributed by atoms with Crippen LogP contribution in [0.3, 0.4) is 0 Å². The Kier molecular flexibility index (Phi) is 2.66. The summed E-state index contributed by atoms with van der Waals surface area (Å²) >= 11 is 0. The van der Waals surface area contributed by atoms with E-state index in [1.54, 1.807) is 15.2 Å². The smallest absolute Gasteiger partial charge is 0.139 e. The van der Waals surface area contributed by atoms with Crippen LogP contribution < -0.4 is 0 Å². The fourth-order valence-corrected chi connectivity index (χ4v) is 2.81. The molecule has 24 heavy (non-hydrogen) atoms. The van der Waals surface area contributed by atoms with Crippen LogP contribution in [0.5, 0.6) is 0 Å². The summed E-state index contributed by atoms with van der Waals surface area (Å²) in [6.45, 7) is 0. The molecule has 0 aliphatic rings. The predicted molar refractivity (Wildman–Crippen MR) is 88.2 cm³/mol. The maximum absolute atomic E-state index is 4.37. The molecule has 0 fully saturated rings. The lowest BCUT2D eigenvalue weighted by Crippen LogP contribution is -1.94. The molecule has 0 unspecified atom stereocenters. The van der Waals surface area contributed by atoms with E-state index in [1.807, 2.05) is 60.8 Å². The maximum Gasteiger partial charge on any atom is 0.139 e. The van der Waals surface area contributed by atoms with Crippen molar-refractivity contribution in [2.75, 3.05) is 0 Å². The first-order valence-corrected chi connectivity index (χ1v) is 7.48. The predicted octanol–water partition coefficient (Wildman–Crippen LogP) is 2.50. The minimum absolute atomic E-state index is 0.744. The van der Waals surface area contributed by atoms with Gasteiger partial charge in [0.15, 0.2) is 0 Å². The van der Waals surface area contributed by atoms with Crippen molar-refractivity contribution in [1.82, 2.24) is 34.6 Å². The first kappa shape index (κ1) is 12.9. The lowest BCUT2D eigenvalue weighted by atomic mass is 10.2. The third kappa shape index (κ3) is 1.81. The standard InChI is InChI=1S/C17H11N7/c1-3-10-18-12(6-1)16-14-8-5-9-15(24(14)22-19-16)17-13-7-2-4-11-23(13)21-20-17/h1-11H. The van der Waals surface area contributed by atoms with Crippen LogP contribution in [0.25, 0.3) is 33.8 Å². The van der Waals surface area contributed by atoms with Crippen molar-refractivity contribution in [3.63, 3.8) is 0 Å². The van der Waals surface area contributed by atoms with E-state index < -0.39 is 0 Å². The number of hydrogen-bond donors (Lipinski definition) is 0. The van der Waals surface area contributed by atoms with E-state index in [-0.39, 0.29) is 0 Å². The van der Waals surface area contributed by atoms with Crippen molar-refractivity contribution in [3.05, 3.63) is 67.0 Å². The van der Waals surface area contributed by atoms with Crippen LogP contribution in [0.15, 0.2) is 67.0 Å². The maximum atomic E-state index is 4.37. The van der Waals surface area contributed by atoms with Crippen LogP contribution in [0, 0.1) is 0 Å². The van der Waals surface area contributed by atoms with Crippen LogP contribution in [-0.2, 0) is 0 Å². The van der Waals surface area contributed by atoms with Crippen molar-refractivity contribution >= 4 is 11.0 Å². The van der Waals surface area contributed by atoms with Gasteiger partial charge in [-0.25, -0.2) is 9.03 Å². The SMILES string of the molecule is c1ccc(-c2nnn3c(-c4nnn5ccccc45)cccc23)nc1. The largest absolute Gasteiger partial charge is 0.254 e. The lowest BCUT2D eigenvalue weighted by Gasteiger charge is -2.02. The molecule has 0 spiro atoms. The molecular formula is C17H11N7. The number of aromatic nitrogens is 7. The first-order chi connectivity index (χ1) is 11.9. The molecule has 114 valence electrons. The van der Waals surface area contributed by atoms with Gasteiger partial charge < -0.3 is 0 Å². The highest BCUT2D eigenvalue weighted by atomic mass is 15.4. The topological polar surface area (TPSA) is 73.3 Å². The zero-order chi connectivity index (χ0) is 15.9. The van der Waals surface area contributed by atoms with Crippen LogP contribution >= 0.6 is 0 Å². The first-order valence-electron chi connectivity index (χ1n) is 7.48. The molecule has 0 radical (unpaired) electrons. The summed E-state index contributed by atoms with van der Waals surface area (Å²) in [5, 5.41) is 17.1. The number of pyridine rings is 3. The average Bonchev–Trinajstić information content (AvgIpc) is 3.26. The van der Waals surface area contributed by atoms with E-state index in [1.165, 1.54) is 0 Å².